The van der Waals surface area contributed by atoms with Crippen LogP contribution in [0.5, 0.6) is 0 Å². The Bertz CT molecular complexity index is 389. The van der Waals surface area contributed by atoms with Crippen molar-refractivity contribution >= 4 is 11.6 Å². The van der Waals surface area contributed by atoms with Gasteiger partial charge in [0.25, 0.3) is 0 Å². The molecule has 0 radical (unpaired) electrons. The largest absolute Gasteiger partial charge is 0.314 e. The van der Waals surface area contributed by atoms with Crippen LogP contribution in [0.1, 0.15) is 24.2 Å². The second-order valence-corrected chi connectivity index (χ2v) is 5.22. The van der Waals surface area contributed by atoms with E-state index in [1.165, 1.54) is 6.92 Å². The highest BCUT2D eigenvalue weighted by molar-refractivity contribution is 6.31. The van der Waals surface area contributed by atoms with Gasteiger partial charge in [-0.1, -0.05) is 23.7 Å². The summed E-state index contributed by atoms with van der Waals surface area (Å²) in [6.45, 7) is 6.87. The Morgan fingerprint density at radius 3 is 2.72 bits per heavy atom. The Balaban J connectivity index is 1.92. The summed E-state index contributed by atoms with van der Waals surface area (Å²) in [5.74, 6) is 0. The van der Waals surface area contributed by atoms with Gasteiger partial charge in [0, 0.05) is 37.7 Å². The first-order chi connectivity index (χ1) is 8.66. The van der Waals surface area contributed by atoms with E-state index in [0.717, 1.165) is 44.7 Å². The van der Waals surface area contributed by atoms with Crippen LogP contribution in [0.2, 0.25) is 5.02 Å². The molecule has 0 aliphatic carbocycles. The Hall–Kier alpha value is -0.640. The molecule has 1 heterocycles. The predicted molar refractivity (Wildman–Crippen MR) is 74.0 cm³/mol. The Morgan fingerprint density at radius 1 is 1.39 bits per heavy atom. The van der Waals surface area contributed by atoms with Crippen molar-refractivity contribution in [1.82, 2.24) is 10.2 Å². The highest BCUT2D eigenvalue weighted by atomic mass is 35.5. The standard InChI is InChI=1S/C14H20ClFN2/c1-11(16)13-3-2-12(14(15)10-13)4-7-18-8-5-17-6-9-18/h2-3,10-11,17H,4-9H2,1H3. The molecule has 1 aliphatic rings. The van der Waals surface area contributed by atoms with Crippen LogP contribution in [0.25, 0.3) is 0 Å². The van der Waals surface area contributed by atoms with Crippen molar-refractivity contribution < 1.29 is 4.39 Å². The van der Waals surface area contributed by atoms with Crippen molar-refractivity contribution in [3.8, 4) is 0 Å². The van der Waals surface area contributed by atoms with E-state index in [1.54, 1.807) is 6.07 Å². The van der Waals surface area contributed by atoms with Crippen molar-refractivity contribution in [3.05, 3.63) is 34.3 Å². The van der Waals surface area contributed by atoms with Crippen LogP contribution >= 0.6 is 11.6 Å². The monoisotopic (exact) mass is 270 g/mol. The number of hydrogen-bond donors (Lipinski definition) is 1. The predicted octanol–water partition coefficient (Wildman–Crippen LogP) is 2.82. The quantitative estimate of drug-likeness (QED) is 0.905. The molecule has 1 unspecified atom stereocenters. The molecule has 0 bridgehead atoms. The molecule has 1 aromatic carbocycles. The fourth-order valence-electron chi connectivity index (χ4n) is 2.23. The summed E-state index contributed by atoms with van der Waals surface area (Å²) in [5, 5.41) is 4.02. The van der Waals surface area contributed by atoms with Gasteiger partial charge in [-0.2, -0.15) is 0 Å². The maximum absolute atomic E-state index is 13.1. The van der Waals surface area contributed by atoms with Crippen LogP contribution in [0.15, 0.2) is 18.2 Å². The maximum atomic E-state index is 13.1. The number of nitrogens with zero attached hydrogens (tertiary/aromatic N) is 1. The zero-order chi connectivity index (χ0) is 13.0. The van der Waals surface area contributed by atoms with Gasteiger partial charge in [0.2, 0.25) is 0 Å². The topological polar surface area (TPSA) is 15.3 Å². The molecule has 1 aliphatic heterocycles. The van der Waals surface area contributed by atoms with Crippen molar-refractivity contribution in [1.29, 1.82) is 0 Å². The molecule has 1 fully saturated rings. The fraction of sp³-hybridized carbons (Fsp3) is 0.571. The van der Waals surface area contributed by atoms with E-state index < -0.39 is 6.17 Å². The van der Waals surface area contributed by atoms with E-state index in [0.29, 0.717) is 10.6 Å². The lowest BCUT2D eigenvalue weighted by atomic mass is 10.1. The Labute approximate surface area is 113 Å². The van der Waals surface area contributed by atoms with E-state index in [1.807, 2.05) is 12.1 Å². The molecule has 100 valence electrons. The van der Waals surface area contributed by atoms with Crippen molar-refractivity contribution in [2.24, 2.45) is 0 Å². The zero-order valence-corrected chi connectivity index (χ0v) is 11.5. The van der Waals surface area contributed by atoms with Gasteiger partial charge in [-0.15, -0.1) is 0 Å². The van der Waals surface area contributed by atoms with Crippen LogP contribution in [-0.2, 0) is 6.42 Å². The molecular weight excluding hydrogens is 251 g/mol. The molecule has 2 nitrogen and oxygen atoms in total. The first-order valence-electron chi connectivity index (χ1n) is 6.52. The van der Waals surface area contributed by atoms with Crippen LogP contribution in [0.4, 0.5) is 4.39 Å². The maximum Gasteiger partial charge on any atom is 0.122 e. The molecule has 1 N–H and O–H groups in total. The lowest BCUT2D eigenvalue weighted by molar-refractivity contribution is 0.244. The molecular formula is C14H20ClFN2. The van der Waals surface area contributed by atoms with E-state index >= 15 is 0 Å². The lowest BCUT2D eigenvalue weighted by Gasteiger charge is -2.27. The second-order valence-electron chi connectivity index (χ2n) is 4.81. The van der Waals surface area contributed by atoms with Crippen LogP contribution < -0.4 is 5.32 Å². The number of hydrogen-bond acceptors (Lipinski definition) is 2. The summed E-state index contributed by atoms with van der Waals surface area (Å²) >= 11 is 6.19. The van der Waals surface area contributed by atoms with Crippen LogP contribution in [0, 0.1) is 0 Å². The summed E-state index contributed by atoms with van der Waals surface area (Å²) in [7, 11) is 0. The smallest absolute Gasteiger partial charge is 0.122 e. The fourth-order valence-corrected chi connectivity index (χ4v) is 2.51. The van der Waals surface area contributed by atoms with Gasteiger partial charge in [0.1, 0.15) is 6.17 Å². The summed E-state index contributed by atoms with van der Waals surface area (Å²) < 4.78 is 13.1. The third-order valence-corrected chi connectivity index (χ3v) is 3.80. The summed E-state index contributed by atoms with van der Waals surface area (Å²) in [6.07, 6.45) is -0.0236. The molecule has 18 heavy (non-hydrogen) atoms. The van der Waals surface area contributed by atoms with Gasteiger partial charge in [0.15, 0.2) is 0 Å². The molecule has 1 aromatic rings. The average Bonchev–Trinajstić information content (AvgIpc) is 2.38. The Kier molecular flexibility index (Phi) is 4.98. The van der Waals surface area contributed by atoms with Crippen molar-refractivity contribution in [2.75, 3.05) is 32.7 Å². The van der Waals surface area contributed by atoms with E-state index in [-0.39, 0.29) is 0 Å². The molecule has 0 aromatic heterocycles. The zero-order valence-electron chi connectivity index (χ0n) is 10.8. The van der Waals surface area contributed by atoms with Gasteiger partial charge in [-0.3, -0.25) is 0 Å². The number of rotatable bonds is 4. The molecule has 0 spiro atoms. The van der Waals surface area contributed by atoms with Crippen LogP contribution in [0.3, 0.4) is 0 Å². The summed E-state index contributed by atoms with van der Waals surface area (Å²) in [4.78, 5) is 2.43. The van der Waals surface area contributed by atoms with Crippen molar-refractivity contribution in [2.45, 2.75) is 19.5 Å². The number of nitrogens with one attached hydrogen (secondary N) is 1. The molecule has 1 saturated heterocycles. The van der Waals surface area contributed by atoms with Gasteiger partial charge < -0.3 is 10.2 Å². The Morgan fingerprint density at radius 2 is 2.11 bits per heavy atom. The third-order valence-electron chi connectivity index (χ3n) is 3.44. The van der Waals surface area contributed by atoms with E-state index in [2.05, 4.69) is 10.2 Å². The lowest BCUT2D eigenvalue weighted by Crippen LogP contribution is -2.44. The number of piperazine rings is 1. The molecule has 2 rings (SSSR count). The average molecular weight is 271 g/mol. The van der Waals surface area contributed by atoms with Crippen molar-refractivity contribution in [3.63, 3.8) is 0 Å². The summed E-state index contributed by atoms with van der Waals surface area (Å²) in [6, 6.07) is 5.54. The second kappa shape index (κ2) is 6.50. The highest BCUT2D eigenvalue weighted by Crippen LogP contribution is 2.24. The molecule has 1 atom stereocenters. The van der Waals surface area contributed by atoms with E-state index in [9.17, 15) is 4.39 Å². The minimum absolute atomic E-state index is 0.658. The first kappa shape index (κ1) is 13.8. The molecule has 0 amide bonds. The van der Waals surface area contributed by atoms with Gasteiger partial charge in [0.05, 0.1) is 0 Å². The normalized spacial score (nSPS) is 18.8. The van der Waals surface area contributed by atoms with Gasteiger partial charge in [-0.25, -0.2) is 4.39 Å². The molecule has 0 saturated carbocycles. The van der Waals surface area contributed by atoms with Crippen LogP contribution in [-0.4, -0.2) is 37.6 Å². The SMILES string of the molecule is CC(F)c1ccc(CCN2CCNCC2)c(Cl)c1. The molecule has 4 heteroatoms. The van der Waals surface area contributed by atoms with Gasteiger partial charge >= 0.3 is 0 Å². The third kappa shape index (κ3) is 3.67. The first-order valence-corrected chi connectivity index (χ1v) is 6.90. The summed E-state index contributed by atoms with van der Waals surface area (Å²) in [5.41, 5.74) is 1.77. The van der Waals surface area contributed by atoms with E-state index in [4.69, 9.17) is 11.6 Å². The number of alkyl halides is 1. The number of halogens is 2. The number of benzene rings is 1. The highest BCUT2D eigenvalue weighted by Gasteiger charge is 2.11. The minimum atomic E-state index is -0.954. The minimum Gasteiger partial charge on any atom is -0.314 e. The van der Waals surface area contributed by atoms with Gasteiger partial charge in [-0.05, 0) is 30.5 Å².